The van der Waals surface area contributed by atoms with Gasteiger partial charge in [0, 0.05) is 6.04 Å². The van der Waals surface area contributed by atoms with Gasteiger partial charge >= 0.3 is 0 Å². The second-order valence-corrected chi connectivity index (χ2v) is 5.85. The highest BCUT2D eigenvalue weighted by Crippen LogP contribution is 2.32. The molecule has 18 heavy (non-hydrogen) atoms. The number of halogens is 2. The van der Waals surface area contributed by atoms with Crippen molar-refractivity contribution in [3.63, 3.8) is 0 Å². The summed E-state index contributed by atoms with van der Waals surface area (Å²) in [6.45, 7) is 0. The molecule has 0 amide bonds. The monoisotopic (exact) mass is 286 g/mol. The highest BCUT2D eigenvalue weighted by molar-refractivity contribution is 6.42. The molecular formula is C14H20Cl2N2. The minimum Gasteiger partial charge on any atom is -0.397 e. The molecule has 4 heteroatoms. The van der Waals surface area contributed by atoms with Crippen LogP contribution < -0.4 is 11.1 Å². The Morgan fingerprint density at radius 3 is 2.17 bits per heavy atom. The van der Waals surface area contributed by atoms with Gasteiger partial charge in [0.25, 0.3) is 0 Å². The highest BCUT2D eigenvalue weighted by Gasteiger charge is 2.13. The molecule has 0 bridgehead atoms. The van der Waals surface area contributed by atoms with E-state index in [4.69, 9.17) is 28.9 Å². The summed E-state index contributed by atoms with van der Waals surface area (Å²) in [6, 6.07) is 4.05. The topological polar surface area (TPSA) is 38.0 Å². The molecule has 2 rings (SSSR count). The molecule has 0 aliphatic heterocycles. The fourth-order valence-corrected chi connectivity index (χ4v) is 2.84. The van der Waals surface area contributed by atoms with Crippen molar-refractivity contribution in [2.75, 3.05) is 11.1 Å². The lowest BCUT2D eigenvalue weighted by Crippen LogP contribution is -2.21. The number of rotatable bonds is 2. The quantitative estimate of drug-likeness (QED) is 0.742. The summed E-state index contributed by atoms with van der Waals surface area (Å²) in [5.74, 6) is 0. The Bertz CT molecular complexity index is 399. The first kappa shape index (κ1) is 13.8. The molecule has 1 saturated carbocycles. The first-order valence-corrected chi connectivity index (χ1v) is 7.43. The largest absolute Gasteiger partial charge is 0.397 e. The predicted octanol–water partition coefficient (Wildman–Crippen LogP) is 5.10. The summed E-state index contributed by atoms with van der Waals surface area (Å²) >= 11 is 12.0. The van der Waals surface area contributed by atoms with Crippen LogP contribution in [0.1, 0.15) is 44.9 Å². The summed E-state index contributed by atoms with van der Waals surface area (Å²) in [6.07, 6.45) is 9.06. The Balaban J connectivity index is 2.05. The van der Waals surface area contributed by atoms with Crippen LogP contribution in [0, 0.1) is 0 Å². The molecule has 0 aromatic heterocycles. The van der Waals surface area contributed by atoms with E-state index >= 15 is 0 Å². The van der Waals surface area contributed by atoms with Crippen molar-refractivity contribution in [1.29, 1.82) is 0 Å². The summed E-state index contributed by atoms with van der Waals surface area (Å²) in [4.78, 5) is 0. The first-order chi connectivity index (χ1) is 8.66. The minimum atomic E-state index is 0.504. The summed E-state index contributed by atoms with van der Waals surface area (Å²) < 4.78 is 0. The van der Waals surface area contributed by atoms with Crippen molar-refractivity contribution < 1.29 is 0 Å². The van der Waals surface area contributed by atoms with Crippen LogP contribution in [0.3, 0.4) is 0 Å². The zero-order valence-electron chi connectivity index (χ0n) is 10.5. The smallest absolute Gasteiger partial charge is 0.0614 e. The Labute approximate surface area is 119 Å². The third-order valence-corrected chi connectivity index (χ3v) is 4.28. The fraction of sp³-hybridized carbons (Fsp3) is 0.571. The van der Waals surface area contributed by atoms with E-state index < -0.39 is 0 Å². The standard InChI is InChI=1S/C14H20Cl2N2/c15-11-8-13(17)14(9-12(11)16)18-10-6-4-2-1-3-5-7-10/h8-10,18H,1-7,17H2. The number of nitrogen functional groups attached to an aromatic ring is 1. The lowest BCUT2D eigenvalue weighted by Gasteiger charge is -2.23. The molecule has 0 radical (unpaired) electrons. The van der Waals surface area contributed by atoms with Gasteiger partial charge in [-0.05, 0) is 25.0 Å². The second kappa shape index (κ2) is 6.53. The van der Waals surface area contributed by atoms with E-state index in [0.29, 0.717) is 21.8 Å². The predicted molar refractivity (Wildman–Crippen MR) is 80.6 cm³/mol. The number of nitrogens with one attached hydrogen (secondary N) is 1. The summed E-state index contributed by atoms with van der Waals surface area (Å²) in [5, 5.41) is 4.58. The zero-order chi connectivity index (χ0) is 13.0. The van der Waals surface area contributed by atoms with Gasteiger partial charge in [-0.2, -0.15) is 0 Å². The fourth-order valence-electron chi connectivity index (χ4n) is 2.51. The third kappa shape index (κ3) is 3.69. The van der Waals surface area contributed by atoms with E-state index in [1.165, 1.54) is 44.9 Å². The Morgan fingerprint density at radius 1 is 0.944 bits per heavy atom. The normalized spacial score (nSPS) is 18.1. The molecule has 0 spiro atoms. The van der Waals surface area contributed by atoms with E-state index in [0.717, 1.165) is 5.69 Å². The van der Waals surface area contributed by atoms with E-state index in [2.05, 4.69) is 5.32 Å². The van der Waals surface area contributed by atoms with Crippen LogP contribution in [0.5, 0.6) is 0 Å². The van der Waals surface area contributed by atoms with Gasteiger partial charge in [0.05, 0.1) is 21.4 Å². The van der Waals surface area contributed by atoms with Crippen LogP contribution in [-0.2, 0) is 0 Å². The highest BCUT2D eigenvalue weighted by atomic mass is 35.5. The second-order valence-electron chi connectivity index (χ2n) is 5.04. The van der Waals surface area contributed by atoms with Crippen LogP contribution in [0.2, 0.25) is 10.0 Å². The van der Waals surface area contributed by atoms with Crippen molar-refractivity contribution in [1.82, 2.24) is 0 Å². The maximum atomic E-state index is 6.03. The average molecular weight is 287 g/mol. The van der Waals surface area contributed by atoms with Crippen LogP contribution in [0.25, 0.3) is 0 Å². The molecule has 1 aliphatic carbocycles. The molecule has 0 saturated heterocycles. The average Bonchev–Trinajstić information content (AvgIpc) is 2.29. The van der Waals surface area contributed by atoms with Crippen molar-refractivity contribution in [2.45, 2.75) is 51.0 Å². The third-order valence-electron chi connectivity index (χ3n) is 3.56. The van der Waals surface area contributed by atoms with Gasteiger partial charge in [0.1, 0.15) is 0 Å². The van der Waals surface area contributed by atoms with Gasteiger partial charge in [0.15, 0.2) is 0 Å². The van der Waals surface area contributed by atoms with Gasteiger partial charge < -0.3 is 11.1 Å². The molecule has 0 unspecified atom stereocenters. The number of nitrogens with two attached hydrogens (primary N) is 1. The van der Waals surface area contributed by atoms with E-state index in [1.807, 2.05) is 6.07 Å². The lowest BCUT2D eigenvalue weighted by molar-refractivity contribution is 0.471. The Hall–Kier alpha value is -0.600. The number of benzene rings is 1. The van der Waals surface area contributed by atoms with Crippen molar-refractivity contribution in [3.8, 4) is 0 Å². The SMILES string of the molecule is Nc1cc(Cl)c(Cl)cc1NC1CCCCCCC1. The molecule has 1 aliphatic rings. The molecule has 1 aromatic rings. The molecule has 0 atom stereocenters. The van der Waals surface area contributed by atoms with Gasteiger partial charge in [-0.15, -0.1) is 0 Å². The summed E-state index contributed by atoms with van der Waals surface area (Å²) in [7, 11) is 0. The van der Waals surface area contributed by atoms with Gasteiger partial charge in [-0.3, -0.25) is 0 Å². The Kier molecular flexibility index (Phi) is 5.02. The molecular weight excluding hydrogens is 267 g/mol. The van der Waals surface area contributed by atoms with Gasteiger partial charge in [0.2, 0.25) is 0 Å². The van der Waals surface area contributed by atoms with Crippen LogP contribution >= 0.6 is 23.2 Å². The van der Waals surface area contributed by atoms with Crippen molar-refractivity contribution in [3.05, 3.63) is 22.2 Å². The number of anilines is 2. The molecule has 1 aromatic carbocycles. The number of hydrogen-bond acceptors (Lipinski definition) is 2. The maximum Gasteiger partial charge on any atom is 0.0614 e. The number of hydrogen-bond donors (Lipinski definition) is 2. The minimum absolute atomic E-state index is 0.504. The van der Waals surface area contributed by atoms with Crippen LogP contribution in [-0.4, -0.2) is 6.04 Å². The van der Waals surface area contributed by atoms with E-state index in [1.54, 1.807) is 6.07 Å². The van der Waals surface area contributed by atoms with Gasteiger partial charge in [-0.1, -0.05) is 55.3 Å². The molecule has 1 fully saturated rings. The molecule has 2 nitrogen and oxygen atoms in total. The van der Waals surface area contributed by atoms with Crippen molar-refractivity contribution >= 4 is 34.6 Å². The van der Waals surface area contributed by atoms with E-state index in [9.17, 15) is 0 Å². The molecule has 3 N–H and O–H groups in total. The zero-order valence-corrected chi connectivity index (χ0v) is 12.0. The van der Waals surface area contributed by atoms with Gasteiger partial charge in [-0.25, -0.2) is 0 Å². The molecule has 100 valence electrons. The van der Waals surface area contributed by atoms with Crippen LogP contribution in [0.4, 0.5) is 11.4 Å². The Morgan fingerprint density at radius 2 is 1.50 bits per heavy atom. The lowest BCUT2D eigenvalue weighted by atomic mass is 9.96. The molecule has 0 heterocycles. The van der Waals surface area contributed by atoms with Crippen LogP contribution in [0.15, 0.2) is 12.1 Å². The van der Waals surface area contributed by atoms with Crippen molar-refractivity contribution in [2.24, 2.45) is 0 Å². The maximum absolute atomic E-state index is 6.03. The first-order valence-electron chi connectivity index (χ1n) is 6.68. The van der Waals surface area contributed by atoms with E-state index in [-0.39, 0.29) is 0 Å². The summed E-state index contributed by atoms with van der Waals surface area (Å²) in [5.41, 5.74) is 7.56.